The molecule has 2 aromatic rings. The van der Waals surface area contributed by atoms with E-state index in [1.54, 1.807) is 30.3 Å². The predicted molar refractivity (Wildman–Crippen MR) is 71.1 cm³/mol. The average Bonchev–Trinajstić information content (AvgIpc) is 2.86. The molecule has 0 saturated heterocycles. The minimum Gasteiger partial charge on any atom is -0.263 e. The SMILES string of the molecule is O=S(=O)(c1ccccc1)N1CCc2cccc(F)c21. The van der Waals surface area contributed by atoms with Crippen LogP contribution >= 0.6 is 0 Å². The highest BCUT2D eigenvalue weighted by molar-refractivity contribution is 7.92. The van der Waals surface area contributed by atoms with Gasteiger partial charge in [0.15, 0.2) is 0 Å². The van der Waals surface area contributed by atoms with Crippen LogP contribution in [0, 0.1) is 5.82 Å². The minimum atomic E-state index is -3.68. The fraction of sp³-hybridized carbons (Fsp3) is 0.143. The number of hydrogen-bond donors (Lipinski definition) is 0. The minimum absolute atomic E-state index is 0.186. The van der Waals surface area contributed by atoms with Crippen LogP contribution in [0.15, 0.2) is 53.4 Å². The summed E-state index contributed by atoms with van der Waals surface area (Å²) < 4.78 is 40.1. The van der Waals surface area contributed by atoms with E-state index in [1.165, 1.54) is 18.2 Å². The van der Waals surface area contributed by atoms with Gasteiger partial charge in [-0.3, -0.25) is 4.31 Å². The zero-order valence-corrected chi connectivity index (χ0v) is 10.9. The van der Waals surface area contributed by atoms with E-state index in [1.807, 2.05) is 0 Å². The molecule has 0 spiro atoms. The molecule has 0 aliphatic carbocycles. The quantitative estimate of drug-likeness (QED) is 0.846. The first-order valence-corrected chi connectivity index (χ1v) is 7.40. The van der Waals surface area contributed by atoms with Gasteiger partial charge < -0.3 is 0 Å². The van der Waals surface area contributed by atoms with Crippen molar-refractivity contribution in [1.29, 1.82) is 0 Å². The number of para-hydroxylation sites is 1. The summed E-state index contributed by atoms with van der Waals surface area (Å²) in [6.07, 6.45) is 0.541. The Morgan fingerprint density at radius 1 is 1.00 bits per heavy atom. The van der Waals surface area contributed by atoms with E-state index in [9.17, 15) is 12.8 Å². The van der Waals surface area contributed by atoms with E-state index in [-0.39, 0.29) is 17.1 Å². The lowest BCUT2D eigenvalue weighted by molar-refractivity contribution is 0.588. The van der Waals surface area contributed by atoms with Crippen LogP contribution in [0.5, 0.6) is 0 Å². The molecule has 98 valence electrons. The summed E-state index contributed by atoms with van der Waals surface area (Å²) in [5.74, 6) is -0.491. The molecule has 19 heavy (non-hydrogen) atoms. The van der Waals surface area contributed by atoms with E-state index < -0.39 is 15.8 Å². The summed E-state index contributed by atoms with van der Waals surface area (Å²) in [4.78, 5) is 0.186. The summed E-state index contributed by atoms with van der Waals surface area (Å²) >= 11 is 0. The van der Waals surface area contributed by atoms with Crippen LogP contribution in [0.3, 0.4) is 0 Å². The van der Waals surface area contributed by atoms with Crippen LogP contribution in [-0.2, 0) is 16.4 Å². The lowest BCUT2D eigenvalue weighted by Crippen LogP contribution is -2.29. The molecule has 0 amide bonds. The third-order valence-electron chi connectivity index (χ3n) is 3.24. The molecule has 5 heteroatoms. The summed E-state index contributed by atoms with van der Waals surface area (Å²) in [6, 6.07) is 12.8. The highest BCUT2D eigenvalue weighted by Crippen LogP contribution is 2.34. The van der Waals surface area contributed by atoms with Gasteiger partial charge in [-0.25, -0.2) is 12.8 Å². The van der Waals surface area contributed by atoms with Crippen LogP contribution in [0.2, 0.25) is 0 Å². The molecule has 1 aliphatic rings. The number of fused-ring (bicyclic) bond motifs is 1. The Morgan fingerprint density at radius 3 is 2.47 bits per heavy atom. The van der Waals surface area contributed by atoms with Gasteiger partial charge in [0.05, 0.1) is 10.6 Å². The second-order valence-corrected chi connectivity index (χ2v) is 6.25. The topological polar surface area (TPSA) is 37.4 Å². The molecular weight excluding hydrogens is 265 g/mol. The van der Waals surface area contributed by atoms with Crippen molar-refractivity contribution in [1.82, 2.24) is 0 Å². The van der Waals surface area contributed by atoms with Crippen molar-refractivity contribution in [3.63, 3.8) is 0 Å². The zero-order chi connectivity index (χ0) is 13.5. The van der Waals surface area contributed by atoms with Gasteiger partial charge in [-0.15, -0.1) is 0 Å². The number of halogens is 1. The number of benzene rings is 2. The van der Waals surface area contributed by atoms with Crippen molar-refractivity contribution in [3.05, 3.63) is 59.9 Å². The largest absolute Gasteiger partial charge is 0.264 e. The third kappa shape index (κ3) is 1.90. The van der Waals surface area contributed by atoms with Crippen molar-refractivity contribution in [3.8, 4) is 0 Å². The van der Waals surface area contributed by atoms with E-state index in [2.05, 4.69) is 0 Å². The Kier molecular flexibility index (Phi) is 2.78. The molecule has 0 aromatic heterocycles. The Hall–Kier alpha value is -1.88. The Labute approximate surface area is 111 Å². The molecule has 0 atom stereocenters. The molecule has 1 heterocycles. The summed E-state index contributed by atoms with van der Waals surface area (Å²) in [6.45, 7) is 0.285. The first kappa shape index (κ1) is 12.2. The average molecular weight is 277 g/mol. The number of anilines is 1. The van der Waals surface area contributed by atoms with E-state index in [0.717, 1.165) is 9.87 Å². The van der Waals surface area contributed by atoms with Crippen LogP contribution in [0.1, 0.15) is 5.56 Å². The summed E-state index contributed by atoms with van der Waals surface area (Å²) in [5, 5.41) is 0. The highest BCUT2D eigenvalue weighted by atomic mass is 32.2. The number of nitrogens with zero attached hydrogens (tertiary/aromatic N) is 1. The third-order valence-corrected chi connectivity index (χ3v) is 5.05. The second kappa shape index (κ2) is 4.35. The van der Waals surface area contributed by atoms with E-state index >= 15 is 0 Å². The molecule has 3 nitrogen and oxygen atoms in total. The Bertz CT molecular complexity index is 713. The predicted octanol–water partition coefficient (Wildman–Crippen LogP) is 2.58. The molecule has 0 radical (unpaired) electrons. The number of rotatable bonds is 2. The van der Waals surface area contributed by atoms with Crippen LogP contribution in [0.25, 0.3) is 0 Å². The van der Waals surface area contributed by atoms with Gasteiger partial charge in [0.1, 0.15) is 5.82 Å². The maximum atomic E-state index is 13.9. The van der Waals surface area contributed by atoms with Gasteiger partial charge in [0.25, 0.3) is 10.0 Å². The molecule has 2 aromatic carbocycles. The molecule has 0 saturated carbocycles. The molecule has 3 rings (SSSR count). The van der Waals surface area contributed by atoms with Gasteiger partial charge in [-0.1, -0.05) is 30.3 Å². The first-order chi connectivity index (χ1) is 9.10. The van der Waals surface area contributed by atoms with Gasteiger partial charge in [-0.05, 0) is 30.2 Å². The van der Waals surface area contributed by atoms with Crippen molar-refractivity contribution in [2.24, 2.45) is 0 Å². The first-order valence-electron chi connectivity index (χ1n) is 5.96. The molecule has 0 bridgehead atoms. The van der Waals surface area contributed by atoms with Gasteiger partial charge in [0.2, 0.25) is 0 Å². The zero-order valence-electron chi connectivity index (χ0n) is 10.1. The summed E-state index contributed by atoms with van der Waals surface area (Å²) in [5.41, 5.74) is 0.922. The number of sulfonamides is 1. The van der Waals surface area contributed by atoms with E-state index in [4.69, 9.17) is 0 Å². The monoisotopic (exact) mass is 277 g/mol. The Morgan fingerprint density at radius 2 is 1.74 bits per heavy atom. The van der Waals surface area contributed by atoms with Gasteiger partial charge >= 0.3 is 0 Å². The van der Waals surface area contributed by atoms with Crippen LogP contribution in [0.4, 0.5) is 10.1 Å². The summed E-state index contributed by atoms with van der Waals surface area (Å²) in [7, 11) is -3.68. The standard InChI is InChI=1S/C14H12FNO2S/c15-13-8-4-5-11-9-10-16(14(11)13)19(17,18)12-6-2-1-3-7-12/h1-8H,9-10H2. The van der Waals surface area contributed by atoms with E-state index in [0.29, 0.717) is 6.42 Å². The maximum absolute atomic E-state index is 13.9. The van der Waals surface area contributed by atoms with Crippen molar-refractivity contribution >= 4 is 15.7 Å². The lowest BCUT2D eigenvalue weighted by atomic mass is 10.2. The fourth-order valence-corrected chi connectivity index (χ4v) is 3.87. The van der Waals surface area contributed by atoms with Crippen molar-refractivity contribution < 1.29 is 12.8 Å². The molecule has 1 aliphatic heterocycles. The lowest BCUT2D eigenvalue weighted by Gasteiger charge is -2.19. The van der Waals surface area contributed by atoms with Gasteiger partial charge in [0, 0.05) is 6.54 Å². The highest BCUT2D eigenvalue weighted by Gasteiger charge is 2.32. The second-order valence-electron chi connectivity index (χ2n) is 4.39. The smallest absolute Gasteiger partial charge is 0.263 e. The van der Waals surface area contributed by atoms with Crippen LogP contribution < -0.4 is 4.31 Å². The van der Waals surface area contributed by atoms with Crippen molar-refractivity contribution in [2.75, 3.05) is 10.8 Å². The van der Waals surface area contributed by atoms with Gasteiger partial charge in [-0.2, -0.15) is 0 Å². The normalized spacial score (nSPS) is 14.5. The molecular formula is C14H12FNO2S. The number of hydrogen-bond acceptors (Lipinski definition) is 2. The van der Waals surface area contributed by atoms with Crippen LogP contribution in [-0.4, -0.2) is 15.0 Å². The molecule has 0 N–H and O–H groups in total. The maximum Gasteiger partial charge on any atom is 0.264 e. The Balaban J connectivity index is 2.12. The molecule has 0 fully saturated rings. The van der Waals surface area contributed by atoms with Crippen molar-refractivity contribution in [2.45, 2.75) is 11.3 Å². The molecule has 0 unspecified atom stereocenters. The fourth-order valence-electron chi connectivity index (χ4n) is 2.33.